The Bertz CT molecular complexity index is 939. The normalized spacial score (nSPS) is 15.4. The Morgan fingerprint density at radius 3 is 2.52 bits per heavy atom. The van der Waals surface area contributed by atoms with E-state index in [1.165, 1.54) is 21.9 Å². The summed E-state index contributed by atoms with van der Waals surface area (Å²) in [6, 6.07) is 2.99. The van der Waals surface area contributed by atoms with Crippen LogP contribution in [0.1, 0.15) is 36.0 Å². The first kappa shape index (κ1) is 21.7. The summed E-state index contributed by atoms with van der Waals surface area (Å²) in [5.74, 6) is -2.13. The number of carbonyl (C=O) groups excluding carboxylic acids is 4. The predicted octanol–water partition coefficient (Wildman–Crippen LogP) is 1.15. The number of hydrogen-bond donors (Lipinski definition) is 3. The van der Waals surface area contributed by atoms with Crippen molar-refractivity contribution in [2.75, 3.05) is 26.2 Å². The molecule has 0 radical (unpaired) electrons. The first-order valence-electron chi connectivity index (χ1n) is 9.74. The summed E-state index contributed by atoms with van der Waals surface area (Å²) >= 11 is 0. The smallest absolute Gasteiger partial charge is 0.358 e. The Hall–Kier alpha value is -3.99. The Kier molecular flexibility index (Phi) is 6.78. The number of amides is 5. The van der Waals surface area contributed by atoms with E-state index in [1.54, 1.807) is 0 Å². The van der Waals surface area contributed by atoms with Gasteiger partial charge in [0.25, 0.3) is 11.8 Å². The summed E-state index contributed by atoms with van der Waals surface area (Å²) in [7, 11) is 0. The van der Waals surface area contributed by atoms with Gasteiger partial charge in [-0.15, -0.1) is 5.12 Å². The van der Waals surface area contributed by atoms with Gasteiger partial charge in [-0.25, -0.2) is 15.6 Å². The van der Waals surface area contributed by atoms with E-state index in [1.807, 2.05) is 0 Å². The number of nitrogens with zero attached hydrogens (tertiary/aromatic N) is 6. The van der Waals surface area contributed by atoms with Gasteiger partial charge in [0.1, 0.15) is 12.3 Å². The third-order valence-corrected chi connectivity index (χ3v) is 4.91. The van der Waals surface area contributed by atoms with Crippen LogP contribution in [-0.2, 0) is 9.59 Å². The van der Waals surface area contributed by atoms with Crippen LogP contribution in [0, 0.1) is 0 Å². The van der Waals surface area contributed by atoms with E-state index in [-0.39, 0.29) is 23.7 Å². The van der Waals surface area contributed by atoms with Crippen molar-refractivity contribution in [3.05, 3.63) is 34.2 Å². The lowest BCUT2D eigenvalue weighted by Gasteiger charge is -2.28. The summed E-state index contributed by atoms with van der Waals surface area (Å²) < 4.78 is 0. The molecule has 13 heteroatoms. The molecule has 2 aliphatic rings. The molecular formula is C18H22N8O5. The molecule has 0 spiro atoms. The van der Waals surface area contributed by atoms with Gasteiger partial charge < -0.3 is 14.9 Å². The minimum Gasteiger partial charge on any atom is -0.507 e. The lowest BCUT2D eigenvalue weighted by atomic mass is 10.2. The van der Waals surface area contributed by atoms with Crippen LogP contribution < -0.4 is 10.9 Å². The molecular weight excluding hydrogens is 408 g/mol. The maximum atomic E-state index is 12.8. The summed E-state index contributed by atoms with van der Waals surface area (Å²) in [5.41, 5.74) is 13.0. The van der Waals surface area contributed by atoms with Crippen LogP contribution in [0.25, 0.3) is 10.4 Å². The van der Waals surface area contributed by atoms with E-state index in [4.69, 9.17) is 5.53 Å². The zero-order valence-corrected chi connectivity index (χ0v) is 16.7. The lowest BCUT2D eigenvalue weighted by Crippen LogP contribution is -2.60. The number of likely N-dealkylation sites (tertiary alicyclic amines) is 2. The van der Waals surface area contributed by atoms with Gasteiger partial charge in [-0.2, -0.15) is 0 Å². The number of rotatable bonds is 4. The van der Waals surface area contributed by atoms with Crippen molar-refractivity contribution >= 4 is 29.4 Å². The zero-order chi connectivity index (χ0) is 22.4. The summed E-state index contributed by atoms with van der Waals surface area (Å²) in [6.45, 7) is 1.14. The second-order valence-electron chi connectivity index (χ2n) is 7.10. The van der Waals surface area contributed by atoms with E-state index in [9.17, 15) is 24.3 Å². The number of phenols is 1. The highest BCUT2D eigenvalue weighted by Gasteiger charge is 2.29. The molecule has 2 saturated heterocycles. The van der Waals surface area contributed by atoms with Crippen molar-refractivity contribution in [3.8, 4) is 5.75 Å². The number of carbonyl (C=O) groups is 4. The molecule has 3 rings (SSSR count). The topological polar surface area (TPSA) is 171 Å². The fourth-order valence-electron chi connectivity index (χ4n) is 3.37. The van der Waals surface area contributed by atoms with Crippen molar-refractivity contribution in [3.63, 3.8) is 0 Å². The molecule has 0 aliphatic carbocycles. The molecule has 31 heavy (non-hydrogen) atoms. The van der Waals surface area contributed by atoms with E-state index < -0.39 is 23.6 Å². The average Bonchev–Trinajstić information content (AvgIpc) is 3.39. The molecule has 13 nitrogen and oxygen atoms in total. The van der Waals surface area contributed by atoms with E-state index in [2.05, 4.69) is 20.9 Å². The SMILES string of the molecule is [N-]=[N+]=Nc1ccc(C(=O)NN(NC(=O)CN2CCCC2=O)C(=O)N2CCCC2)c(O)c1. The van der Waals surface area contributed by atoms with Crippen LogP contribution >= 0.6 is 0 Å². The van der Waals surface area contributed by atoms with Crippen LogP contribution in [0.5, 0.6) is 5.75 Å². The Morgan fingerprint density at radius 1 is 1.16 bits per heavy atom. The second kappa shape index (κ2) is 9.67. The van der Waals surface area contributed by atoms with Crippen LogP contribution in [0.2, 0.25) is 0 Å². The molecule has 0 atom stereocenters. The van der Waals surface area contributed by atoms with Gasteiger partial charge in [-0.1, -0.05) is 11.2 Å². The van der Waals surface area contributed by atoms with E-state index in [0.717, 1.165) is 18.9 Å². The Morgan fingerprint density at radius 2 is 1.90 bits per heavy atom. The van der Waals surface area contributed by atoms with Crippen LogP contribution in [0.3, 0.4) is 0 Å². The van der Waals surface area contributed by atoms with Gasteiger partial charge in [-0.05, 0) is 36.9 Å². The largest absolute Gasteiger partial charge is 0.507 e. The number of hydrazine groups is 2. The second-order valence-corrected chi connectivity index (χ2v) is 7.10. The molecule has 1 aromatic carbocycles. The summed E-state index contributed by atoms with van der Waals surface area (Å²) in [6.07, 6.45) is 2.62. The van der Waals surface area contributed by atoms with Crippen LogP contribution in [-0.4, -0.2) is 70.0 Å². The summed E-state index contributed by atoms with van der Waals surface area (Å²) in [4.78, 5) is 55.0. The molecule has 3 N–H and O–H groups in total. The Balaban J connectivity index is 1.73. The zero-order valence-electron chi connectivity index (χ0n) is 16.7. The highest BCUT2D eigenvalue weighted by molar-refractivity contribution is 5.98. The molecule has 5 amide bonds. The molecule has 0 bridgehead atoms. The first-order valence-corrected chi connectivity index (χ1v) is 9.74. The molecule has 2 aliphatic heterocycles. The third-order valence-electron chi connectivity index (χ3n) is 4.91. The number of azide groups is 1. The maximum Gasteiger partial charge on any atom is 0.358 e. The number of urea groups is 1. The quantitative estimate of drug-likeness (QED) is 0.281. The molecule has 0 saturated carbocycles. The highest BCUT2D eigenvalue weighted by Crippen LogP contribution is 2.24. The molecule has 1 aromatic rings. The van der Waals surface area contributed by atoms with Gasteiger partial charge in [0.2, 0.25) is 5.91 Å². The number of hydrogen-bond acceptors (Lipinski definition) is 6. The van der Waals surface area contributed by atoms with Gasteiger partial charge >= 0.3 is 6.03 Å². The van der Waals surface area contributed by atoms with Gasteiger partial charge in [-0.3, -0.25) is 14.4 Å². The molecule has 2 fully saturated rings. The maximum absolute atomic E-state index is 12.8. The van der Waals surface area contributed by atoms with Crippen molar-refractivity contribution < 1.29 is 24.3 Å². The number of phenolic OH excluding ortho intramolecular Hbond substituents is 1. The molecule has 2 heterocycles. The van der Waals surface area contributed by atoms with Gasteiger partial charge in [0.05, 0.1) is 5.56 Å². The summed E-state index contributed by atoms with van der Waals surface area (Å²) in [5, 5.41) is 14.1. The lowest BCUT2D eigenvalue weighted by molar-refractivity contribution is -0.135. The number of nitrogens with one attached hydrogen (secondary N) is 2. The minimum absolute atomic E-state index is 0.102. The van der Waals surface area contributed by atoms with Gasteiger partial charge in [0.15, 0.2) is 0 Å². The van der Waals surface area contributed by atoms with Crippen molar-refractivity contribution in [2.45, 2.75) is 25.7 Å². The monoisotopic (exact) mass is 430 g/mol. The number of aromatic hydroxyl groups is 1. The van der Waals surface area contributed by atoms with Crippen molar-refractivity contribution in [2.24, 2.45) is 5.11 Å². The van der Waals surface area contributed by atoms with Gasteiger partial charge in [0, 0.05) is 36.7 Å². The number of benzene rings is 1. The van der Waals surface area contributed by atoms with Crippen LogP contribution in [0.15, 0.2) is 23.3 Å². The standard InChI is InChI=1S/C18H22N8O5/c19-23-20-12-5-6-13(14(27)10-12)17(30)22-26(18(31)24-7-1-2-8-24)21-15(28)11-25-9-3-4-16(25)29/h5-6,10,27H,1-4,7-9,11H2,(H,21,28)(H,22,30). The third kappa shape index (κ3) is 5.34. The minimum atomic E-state index is -0.866. The fraction of sp³-hybridized carbons (Fsp3) is 0.444. The highest BCUT2D eigenvalue weighted by atomic mass is 16.3. The average molecular weight is 430 g/mol. The van der Waals surface area contributed by atoms with E-state index >= 15 is 0 Å². The molecule has 164 valence electrons. The van der Waals surface area contributed by atoms with Crippen molar-refractivity contribution in [1.29, 1.82) is 0 Å². The van der Waals surface area contributed by atoms with E-state index in [0.29, 0.717) is 37.6 Å². The Labute approximate surface area is 177 Å². The fourth-order valence-corrected chi connectivity index (χ4v) is 3.37. The van der Waals surface area contributed by atoms with Crippen molar-refractivity contribution in [1.82, 2.24) is 25.8 Å². The first-order chi connectivity index (χ1) is 14.9. The predicted molar refractivity (Wildman–Crippen MR) is 106 cm³/mol. The van der Waals surface area contributed by atoms with Crippen LogP contribution in [0.4, 0.5) is 10.5 Å². The molecule has 0 aromatic heterocycles. The molecule has 0 unspecified atom stereocenters.